The number of nitrogens with one attached hydrogen (secondary N) is 2. The van der Waals surface area contributed by atoms with E-state index in [2.05, 4.69) is 20.2 Å². The highest BCUT2D eigenvalue weighted by Crippen LogP contribution is 2.34. The molecule has 0 fully saturated rings. The summed E-state index contributed by atoms with van der Waals surface area (Å²) < 4.78 is 0. The molecule has 0 saturated heterocycles. The third-order valence-corrected chi connectivity index (χ3v) is 3.20. The average Bonchev–Trinajstić information content (AvgIpc) is 2.86. The largest absolute Gasteiger partial charge is 0.506 e. The van der Waals surface area contributed by atoms with Crippen molar-refractivity contribution in [3.63, 3.8) is 0 Å². The molecule has 0 bridgehead atoms. The van der Waals surface area contributed by atoms with E-state index in [1.165, 1.54) is 18.2 Å². The monoisotopic (exact) mass is 313 g/mol. The first-order valence-electron chi connectivity index (χ1n) is 6.56. The Kier molecular flexibility index (Phi) is 3.37. The minimum absolute atomic E-state index is 0.0290. The van der Waals surface area contributed by atoms with E-state index in [9.17, 15) is 20.0 Å². The molecule has 9 nitrogen and oxygen atoms in total. The standard InChI is InChI=1S/C14H11N5O4/c1-7-2-3-13(20)11(4-7)18-17-10-5-8-9(16-14(21)15-8)6-12(10)19(22)23/h2-6,20H,1H3,(H2,15,16,21). The Morgan fingerprint density at radius 1 is 1.09 bits per heavy atom. The van der Waals surface area contributed by atoms with Crippen LogP contribution in [0.5, 0.6) is 5.75 Å². The zero-order valence-corrected chi connectivity index (χ0v) is 11.9. The summed E-state index contributed by atoms with van der Waals surface area (Å²) >= 11 is 0. The maximum Gasteiger partial charge on any atom is 0.323 e. The molecule has 0 aliphatic carbocycles. The minimum atomic E-state index is -0.616. The molecular weight excluding hydrogens is 302 g/mol. The maximum absolute atomic E-state index is 11.3. The third kappa shape index (κ3) is 2.79. The molecule has 1 heterocycles. The van der Waals surface area contributed by atoms with Gasteiger partial charge in [0.25, 0.3) is 5.69 Å². The third-order valence-electron chi connectivity index (χ3n) is 3.20. The number of fused-ring (bicyclic) bond motifs is 1. The molecule has 0 atom stereocenters. The van der Waals surface area contributed by atoms with E-state index in [1.54, 1.807) is 12.1 Å². The van der Waals surface area contributed by atoms with Gasteiger partial charge < -0.3 is 15.1 Å². The molecule has 1 aromatic heterocycles. The zero-order valence-electron chi connectivity index (χ0n) is 11.9. The van der Waals surface area contributed by atoms with Crippen LogP contribution >= 0.6 is 0 Å². The maximum atomic E-state index is 11.3. The Bertz CT molecular complexity index is 1000. The first kappa shape index (κ1) is 14.4. The molecule has 3 rings (SSSR count). The number of azo groups is 1. The fraction of sp³-hybridized carbons (Fsp3) is 0.0714. The number of phenolic OH excluding ortho intramolecular Hbond substituents is 1. The Hall–Kier alpha value is -3.49. The molecule has 0 unspecified atom stereocenters. The summed E-state index contributed by atoms with van der Waals surface area (Å²) in [6.45, 7) is 1.82. The molecule has 0 saturated carbocycles. The van der Waals surface area contributed by atoms with Crippen LogP contribution in [0.3, 0.4) is 0 Å². The van der Waals surface area contributed by atoms with Crippen molar-refractivity contribution in [1.29, 1.82) is 0 Å². The van der Waals surface area contributed by atoms with Gasteiger partial charge in [0.2, 0.25) is 0 Å². The Morgan fingerprint density at radius 3 is 2.43 bits per heavy atom. The molecule has 3 aromatic rings. The van der Waals surface area contributed by atoms with Gasteiger partial charge >= 0.3 is 5.69 Å². The highest BCUT2D eigenvalue weighted by molar-refractivity contribution is 5.83. The van der Waals surface area contributed by atoms with Gasteiger partial charge in [0.05, 0.1) is 16.0 Å². The second kappa shape index (κ2) is 5.37. The number of aromatic nitrogens is 2. The zero-order chi connectivity index (χ0) is 16.6. The van der Waals surface area contributed by atoms with E-state index >= 15 is 0 Å². The van der Waals surface area contributed by atoms with Crippen LogP contribution in [0.4, 0.5) is 17.1 Å². The topological polar surface area (TPSA) is 137 Å². The lowest BCUT2D eigenvalue weighted by Gasteiger charge is -2.00. The summed E-state index contributed by atoms with van der Waals surface area (Å²) in [5.74, 6) is -0.0851. The fourth-order valence-corrected chi connectivity index (χ4v) is 2.11. The number of aromatic amines is 2. The molecule has 23 heavy (non-hydrogen) atoms. The van der Waals surface area contributed by atoms with Crippen LogP contribution in [-0.4, -0.2) is 20.0 Å². The minimum Gasteiger partial charge on any atom is -0.506 e. The first-order chi connectivity index (χ1) is 10.9. The molecule has 0 amide bonds. The van der Waals surface area contributed by atoms with E-state index < -0.39 is 10.6 Å². The van der Waals surface area contributed by atoms with Crippen LogP contribution < -0.4 is 5.69 Å². The number of nitro groups is 1. The van der Waals surface area contributed by atoms with E-state index in [4.69, 9.17) is 0 Å². The van der Waals surface area contributed by atoms with Gasteiger partial charge in [-0.3, -0.25) is 10.1 Å². The van der Waals surface area contributed by atoms with E-state index in [-0.39, 0.29) is 22.8 Å². The highest BCUT2D eigenvalue weighted by atomic mass is 16.6. The Balaban J connectivity index is 2.12. The highest BCUT2D eigenvalue weighted by Gasteiger charge is 2.16. The summed E-state index contributed by atoms with van der Waals surface area (Å²) in [5, 5.41) is 28.6. The number of phenols is 1. The lowest BCUT2D eigenvalue weighted by molar-refractivity contribution is -0.384. The quantitative estimate of drug-likeness (QED) is 0.388. The van der Waals surface area contributed by atoms with Crippen LogP contribution in [0.1, 0.15) is 5.56 Å². The van der Waals surface area contributed by atoms with E-state index in [0.29, 0.717) is 11.0 Å². The second-order valence-corrected chi connectivity index (χ2v) is 4.91. The van der Waals surface area contributed by atoms with Crippen LogP contribution in [0.25, 0.3) is 11.0 Å². The number of hydrogen-bond acceptors (Lipinski definition) is 6. The smallest absolute Gasteiger partial charge is 0.323 e. The number of nitro benzene ring substituents is 1. The van der Waals surface area contributed by atoms with Crippen molar-refractivity contribution in [2.75, 3.05) is 0 Å². The van der Waals surface area contributed by atoms with Gasteiger partial charge in [0.1, 0.15) is 11.4 Å². The summed E-state index contributed by atoms with van der Waals surface area (Å²) in [6, 6.07) is 7.32. The van der Waals surface area contributed by atoms with Gasteiger partial charge in [0.15, 0.2) is 5.69 Å². The number of benzene rings is 2. The molecule has 0 aliphatic rings. The number of aryl methyl sites for hydroxylation is 1. The van der Waals surface area contributed by atoms with Crippen LogP contribution in [0, 0.1) is 17.0 Å². The summed E-state index contributed by atoms with van der Waals surface area (Å²) in [5.41, 5.74) is 0.933. The molecular formula is C14H11N5O4. The molecule has 9 heteroatoms. The van der Waals surface area contributed by atoms with Crippen molar-refractivity contribution in [1.82, 2.24) is 9.97 Å². The number of imidazole rings is 1. The number of aromatic hydroxyl groups is 1. The molecule has 0 aliphatic heterocycles. The number of nitrogens with zero attached hydrogens (tertiary/aromatic N) is 3. The predicted molar refractivity (Wildman–Crippen MR) is 82.6 cm³/mol. The van der Waals surface area contributed by atoms with Gasteiger partial charge in [-0.1, -0.05) is 6.07 Å². The van der Waals surface area contributed by atoms with Crippen molar-refractivity contribution in [2.45, 2.75) is 6.92 Å². The average molecular weight is 313 g/mol. The lowest BCUT2D eigenvalue weighted by Crippen LogP contribution is -1.99. The van der Waals surface area contributed by atoms with E-state index in [1.807, 2.05) is 6.92 Å². The Labute approximate surface area is 128 Å². The fourth-order valence-electron chi connectivity index (χ4n) is 2.11. The van der Waals surface area contributed by atoms with Gasteiger partial charge in [-0.15, -0.1) is 10.2 Å². The van der Waals surface area contributed by atoms with Crippen molar-refractivity contribution in [2.24, 2.45) is 10.2 Å². The predicted octanol–water partition coefficient (Wildman–Crippen LogP) is 3.19. The second-order valence-electron chi connectivity index (χ2n) is 4.91. The van der Waals surface area contributed by atoms with Gasteiger partial charge in [-0.05, 0) is 30.7 Å². The molecule has 0 radical (unpaired) electrons. The molecule has 2 aromatic carbocycles. The number of hydrogen-bond donors (Lipinski definition) is 3. The van der Waals surface area contributed by atoms with Gasteiger partial charge in [-0.25, -0.2) is 4.79 Å². The molecule has 0 spiro atoms. The normalized spacial score (nSPS) is 11.3. The van der Waals surface area contributed by atoms with Crippen molar-refractivity contribution >= 4 is 28.1 Å². The van der Waals surface area contributed by atoms with E-state index in [0.717, 1.165) is 5.56 Å². The van der Waals surface area contributed by atoms with Gasteiger partial charge in [-0.2, -0.15) is 0 Å². The first-order valence-corrected chi connectivity index (χ1v) is 6.56. The lowest BCUT2D eigenvalue weighted by atomic mass is 10.2. The molecule has 3 N–H and O–H groups in total. The van der Waals surface area contributed by atoms with Crippen molar-refractivity contribution in [3.8, 4) is 5.75 Å². The summed E-state index contributed by atoms with van der Waals surface area (Å²) in [7, 11) is 0. The van der Waals surface area contributed by atoms with Crippen LogP contribution in [0.15, 0.2) is 45.4 Å². The Morgan fingerprint density at radius 2 is 1.74 bits per heavy atom. The number of rotatable bonds is 3. The van der Waals surface area contributed by atoms with Crippen LogP contribution in [-0.2, 0) is 0 Å². The van der Waals surface area contributed by atoms with Crippen LogP contribution in [0.2, 0.25) is 0 Å². The van der Waals surface area contributed by atoms with Crippen molar-refractivity contribution < 1.29 is 10.0 Å². The SMILES string of the molecule is Cc1ccc(O)c(N=Nc2cc3[nH]c(=O)[nH]c3cc2[N+](=O)[O-])c1. The summed E-state index contributed by atoms with van der Waals surface area (Å²) in [6.07, 6.45) is 0. The molecule has 116 valence electrons. The van der Waals surface area contributed by atoms with Gasteiger partial charge in [0, 0.05) is 6.07 Å². The van der Waals surface area contributed by atoms with Crippen molar-refractivity contribution in [3.05, 3.63) is 56.5 Å². The number of H-pyrrole nitrogens is 2. The summed E-state index contributed by atoms with van der Waals surface area (Å²) in [4.78, 5) is 26.8.